The van der Waals surface area contributed by atoms with Crippen LogP contribution in [-0.4, -0.2) is 45.2 Å². The molecule has 0 spiro atoms. The second kappa shape index (κ2) is 21.5. The zero-order chi connectivity index (χ0) is 28.1. The number of nitrogens with two attached hydrogens (primary N) is 2. The lowest BCUT2D eigenvalue weighted by Crippen LogP contribution is -2.19. The fourth-order valence-electron chi connectivity index (χ4n) is 2.76. The molecule has 3 rings (SSSR count). The summed E-state index contributed by atoms with van der Waals surface area (Å²) in [5, 5.41) is 9.05. The molecule has 2 aromatic carbocycles. The van der Waals surface area contributed by atoms with Crippen molar-refractivity contribution in [1.29, 1.82) is 0 Å². The van der Waals surface area contributed by atoms with Gasteiger partial charge in [-0.3, -0.25) is 9.59 Å². The Bertz CT molecular complexity index is 877. The molecule has 0 saturated heterocycles. The molecule has 204 valence electrons. The van der Waals surface area contributed by atoms with E-state index in [1.165, 1.54) is 26.3 Å². The standard InChI is InChI=1S/C8H14O2.C7H6ClNO.C7H6F2O.C3H8O.CH5N/c1-6-2-4-7(5-3-6)8(9)10;8-6-3-5(4-10)1-2-7(6)9;1-10-7-3-2-5(8)4-6(7)9;1-3-4-2;1-2/h6-7H,2-5H2,1H3,(H,9,10);1-4H,9H2;2-4H,1H3;3H2,1-2H3;2H2,1H3. The highest BCUT2D eigenvalue weighted by atomic mass is 35.5. The average Bonchev–Trinajstić information content (AvgIpc) is 2.88. The number of nitrogen functional groups attached to an aromatic ring is 1. The number of carbonyl (C=O) groups is 2. The van der Waals surface area contributed by atoms with E-state index in [2.05, 4.69) is 22.1 Å². The maximum atomic E-state index is 12.5. The van der Waals surface area contributed by atoms with E-state index in [0.29, 0.717) is 16.3 Å². The van der Waals surface area contributed by atoms with Gasteiger partial charge in [0.1, 0.15) is 12.1 Å². The van der Waals surface area contributed by atoms with Gasteiger partial charge in [0.2, 0.25) is 0 Å². The largest absolute Gasteiger partial charge is 0.494 e. The lowest BCUT2D eigenvalue weighted by Gasteiger charge is -2.22. The molecule has 1 saturated carbocycles. The first-order chi connectivity index (χ1) is 17.1. The third-order valence-electron chi connectivity index (χ3n) is 4.93. The molecule has 0 radical (unpaired) electrons. The highest BCUT2D eigenvalue weighted by Crippen LogP contribution is 2.28. The second-order valence-electron chi connectivity index (χ2n) is 7.55. The number of halogens is 3. The lowest BCUT2D eigenvalue weighted by molar-refractivity contribution is -0.143. The first-order valence-electron chi connectivity index (χ1n) is 11.4. The SMILES string of the molecule is CC1CCC(C(=O)O)CC1.CCOC.CN.COc1ccc(F)cc1F.Nc1ccc(C=O)cc1Cl. The molecule has 0 aromatic heterocycles. The summed E-state index contributed by atoms with van der Waals surface area (Å²) >= 11 is 5.61. The molecule has 0 bridgehead atoms. The van der Waals surface area contributed by atoms with E-state index in [-0.39, 0.29) is 11.7 Å². The van der Waals surface area contributed by atoms with Crippen LogP contribution in [0.4, 0.5) is 14.5 Å². The Morgan fingerprint density at radius 3 is 2.06 bits per heavy atom. The van der Waals surface area contributed by atoms with Crippen LogP contribution >= 0.6 is 11.6 Å². The Labute approximate surface area is 217 Å². The Morgan fingerprint density at radius 2 is 1.67 bits per heavy atom. The van der Waals surface area contributed by atoms with Crippen LogP contribution in [0.15, 0.2) is 36.4 Å². The van der Waals surface area contributed by atoms with Crippen LogP contribution in [0, 0.1) is 23.5 Å². The summed E-state index contributed by atoms with van der Waals surface area (Å²) in [5.74, 6) is -1.12. The quantitative estimate of drug-likeness (QED) is 0.334. The molecular formula is C26H39ClF2N2O5. The van der Waals surface area contributed by atoms with Crippen molar-refractivity contribution in [3.8, 4) is 5.75 Å². The van der Waals surface area contributed by atoms with E-state index in [1.807, 2.05) is 6.92 Å². The van der Waals surface area contributed by atoms with Crippen LogP contribution in [0.25, 0.3) is 0 Å². The summed E-state index contributed by atoms with van der Waals surface area (Å²) in [7, 11) is 4.51. The van der Waals surface area contributed by atoms with Gasteiger partial charge < -0.3 is 26.0 Å². The predicted molar refractivity (Wildman–Crippen MR) is 141 cm³/mol. The molecule has 0 unspecified atom stereocenters. The van der Waals surface area contributed by atoms with E-state index in [0.717, 1.165) is 56.6 Å². The zero-order valence-corrected chi connectivity index (χ0v) is 22.4. The second-order valence-corrected chi connectivity index (χ2v) is 7.96. The summed E-state index contributed by atoms with van der Waals surface area (Å²) in [6, 6.07) is 7.91. The first-order valence-corrected chi connectivity index (χ1v) is 11.8. The molecule has 0 heterocycles. The first kappa shape index (κ1) is 35.4. The number of aliphatic carboxylic acids is 1. The van der Waals surface area contributed by atoms with Crippen molar-refractivity contribution in [1.82, 2.24) is 0 Å². The van der Waals surface area contributed by atoms with Crippen LogP contribution < -0.4 is 16.2 Å². The smallest absolute Gasteiger partial charge is 0.306 e. The zero-order valence-electron chi connectivity index (χ0n) is 21.6. The van der Waals surface area contributed by atoms with Gasteiger partial charge in [0.15, 0.2) is 11.6 Å². The van der Waals surface area contributed by atoms with Crippen molar-refractivity contribution in [2.45, 2.75) is 39.5 Å². The topological polar surface area (TPSA) is 125 Å². The molecule has 10 heteroatoms. The number of hydrogen-bond acceptors (Lipinski definition) is 6. The van der Waals surface area contributed by atoms with E-state index in [4.69, 9.17) is 22.4 Å². The number of hydrogen-bond donors (Lipinski definition) is 3. The molecule has 0 amide bonds. The third-order valence-corrected chi connectivity index (χ3v) is 5.26. The maximum Gasteiger partial charge on any atom is 0.306 e. The summed E-state index contributed by atoms with van der Waals surface area (Å²) in [5.41, 5.74) is 10.9. The summed E-state index contributed by atoms with van der Waals surface area (Å²) in [6.45, 7) is 4.97. The van der Waals surface area contributed by atoms with E-state index in [1.54, 1.807) is 19.2 Å². The fraction of sp³-hybridized carbons (Fsp3) is 0.462. The summed E-state index contributed by atoms with van der Waals surface area (Å²) < 4.78 is 33.8. The average molecular weight is 533 g/mol. The van der Waals surface area contributed by atoms with Gasteiger partial charge in [-0.2, -0.15) is 0 Å². The molecule has 2 aromatic rings. The van der Waals surface area contributed by atoms with Gasteiger partial charge in [0.05, 0.1) is 23.7 Å². The number of carbonyl (C=O) groups excluding carboxylic acids is 1. The fourth-order valence-corrected chi connectivity index (χ4v) is 2.95. The number of rotatable bonds is 4. The molecule has 5 N–H and O–H groups in total. The van der Waals surface area contributed by atoms with Gasteiger partial charge in [-0.05, 0) is 75.9 Å². The Hall–Kier alpha value is -2.75. The Balaban J connectivity index is 0. The molecule has 1 fully saturated rings. The lowest BCUT2D eigenvalue weighted by atomic mass is 9.83. The van der Waals surface area contributed by atoms with Gasteiger partial charge in [0.25, 0.3) is 0 Å². The van der Waals surface area contributed by atoms with E-state index < -0.39 is 17.6 Å². The molecule has 0 atom stereocenters. The highest BCUT2D eigenvalue weighted by Gasteiger charge is 2.23. The van der Waals surface area contributed by atoms with Gasteiger partial charge in [-0.1, -0.05) is 18.5 Å². The van der Waals surface area contributed by atoms with Crippen molar-refractivity contribution in [3.05, 3.63) is 58.6 Å². The van der Waals surface area contributed by atoms with Crippen LogP contribution in [-0.2, 0) is 9.53 Å². The number of benzene rings is 2. The number of anilines is 1. The number of carboxylic acids is 1. The Kier molecular flexibility index (Phi) is 21.2. The van der Waals surface area contributed by atoms with Crippen LogP contribution in [0.5, 0.6) is 5.75 Å². The minimum absolute atomic E-state index is 0.0452. The molecule has 0 aliphatic heterocycles. The number of ether oxygens (including phenoxy) is 2. The minimum Gasteiger partial charge on any atom is -0.494 e. The van der Waals surface area contributed by atoms with Gasteiger partial charge in [-0.25, -0.2) is 8.78 Å². The predicted octanol–water partition coefficient (Wildman–Crippen LogP) is 5.83. The third kappa shape index (κ3) is 16.0. The minimum atomic E-state index is -0.678. The van der Waals surface area contributed by atoms with Crippen molar-refractivity contribution in [2.24, 2.45) is 17.6 Å². The van der Waals surface area contributed by atoms with E-state index in [9.17, 15) is 18.4 Å². The van der Waals surface area contributed by atoms with Crippen molar-refractivity contribution >= 4 is 29.5 Å². The monoisotopic (exact) mass is 532 g/mol. The molecule has 7 nitrogen and oxygen atoms in total. The van der Waals surface area contributed by atoms with Crippen LogP contribution in [0.2, 0.25) is 5.02 Å². The van der Waals surface area contributed by atoms with Gasteiger partial charge >= 0.3 is 5.97 Å². The number of methoxy groups -OCH3 is 2. The molecule has 1 aliphatic rings. The van der Waals surface area contributed by atoms with Gasteiger partial charge in [-0.15, -0.1) is 0 Å². The highest BCUT2D eigenvalue weighted by molar-refractivity contribution is 6.33. The Morgan fingerprint density at radius 1 is 1.11 bits per heavy atom. The van der Waals surface area contributed by atoms with Crippen molar-refractivity contribution in [3.63, 3.8) is 0 Å². The maximum absolute atomic E-state index is 12.5. The van der Waals surface area contributed by atoms with Crippen molar-refractivity contribution < 1.29 is 33.0 Å². The van der Waals surface area contributed by atoms with Gasteiger partial charge in [0, 0.05) is 25.3 Å². The number of carboxylic acid groups (broad SMARTS) is 1. The van der Waals surface area contributed by atoms with E-state index >= 15 is 0 Å². The van der Waals surface area contributed by atoms with Crippen molar-refractivity contribution in [2.75, 3.05) is 33.6 Å². The van der Waals surface area contributed by atoms with Crippen LogP contribution in [0.3, 0.4) is 0 Å². The molecule has 1 aliphatic carbocycles. The molecular weight excluding hydrogens is 494 g/mol. The molecule has 36 heavy (non-hydrogen) atoms. The summed E-state index contributed by atoms with van der Waals surface area (Å²) in [4.78, 5) is 20.6. The summed E-state index contributed by atoms with van der Waals surface area (Å²) in [6.07, 6.45) is 4.69. The van der Waals surface area contributed by atoms with Crippen LogP contribution in [0.1, 0.15) is 49.9 Å². The number of aldehydes is 1. The normalized spacial score (nSPS) is 15.6.